The van der Waals surface area contributed by atoms with E-state index in [2.05, 4.69) is 20.1 Å². The number of carbonyl (C=O) groups excluding carboxylic acids is 1. The van der Waals surface area contributed by atoms with E-state index in [1.54, 1.807) is 12.5 Å². The molecule has 1 aliphatic heterocycles. The highest BCUT2D eigenvalue weighted by Gasteiger charge is 2.32. The van der Waals surface area contributed by atoms with Gasteiger partial charge in [-0.15, -0.1) is 10.2 Å². The third-order valence-electron chi connectivity index (χ3n) is 5.44. The molecule has 1 saturated carbocycles. The lowest BCUT2D eigenvalue weighted by atomic mass is 10.1. The summed E-state index contributed by atoms with van der Waals surface area (Å²) in [6.07, 6.45) is 8.51. The molecule has 7 nitrogen and oxygen atoms in total. The summed E-state index contributed by atoms with van der Waals surface area (Å²) in [4.78, 5) is 24.1. The van der Waals surface area contributed by atoms with Gasteiger partial charge < -0.3 is 4.90 Å². The lowest BCUT2D eigenvalue weighted by molar-refractivity contribution is 0.0991. The second-order valence-corrected chi connectivity index (χ2v) is 7.14. The Hall–Kier alpha value is -3.09. The molecule has 0 amide bonds. The number of rotatable bonds is 4. The van der Waals surface area contributed by atoms with Crippen LogP contribution < -0.4 is 4.90 Å². The predicted octanol–water partition coefficient (Wildman–Crippen LogP) is 2.75. The van der Waals surface area contributed by atoms with Crippen molar-refractivity contribution >= 4 is 11.6 Å². The maximum absolute atomic E-state index is 12.6. The second-order valence-electron chi connectivity index (χ2n) is 7.14. The van der Waals surface area contributed by atoms with Crippen LogP contribution in [0.1, 0.15) is 47.7 Å². The lowest BCUT2D eigenvalue weighted by Gasteiger charge is -2.34. The smallest absolute Gasteiger partial charge is 0.170 e. The van der Waals surface area contributed by atoms with Crippen molar-refractivity contribution in [1.29, 1.82) is 0 Å². The average Bonchev–Trinajstić information content (AvgIpc) is 3.39. The quantitative estimate of drug-likeness (QED) is 0.666. The first kappa shape index (κ1) is 16.1. The minimum atomic E-state index is 0.0313. The molecule has 3 aromatic rings. The largest absolute Gasteiger partial charge is 0.344 e. The summed E-state index contributed by atoms with van der Waals surface area (Å²) in [5.41, 5.74) is 1.58. The molecule has 0 unspecified atom stereocenters. The molecule has 0 spiro atoms. The Morgan fingerprint density at radius 1 is 1.15 bits per heavy atom. The number of hydrogen-bond donors (Lipinski definition) is 0. The number of ketones is 1. The van der Waals surface area contributed by atoms with Crippen LogP contribution in [0.3, 0.4) is 0 Å². The zero-order valence-corrected chi connectivity index (χ0v) is 15.0. The van der Waals surface area contributed by atoms with E-state index < -0.39 is 0 Å². The topological polar surface area (TPSA) is 76.8 Å². The zero-order valence-electron chi connectivity index (χ0n) is 15.0. The first-order valence-electron chi connectivity index (χ1n) is 9.39. The maximum atomic E-state index is 12.6. The number of fused-ring (bicyclic) bond motifs is 3. The summed E-state index contributed by atoms with van der Waals surface area (Å²) in [5, 5.41) is 8.30. The highest BCUT2D eigenvalue weighted by Crippen LogP contribution is 2.35. The minimum Gasteiger partial charge on any atom is -0.344 e. The van der Waals surface area contributed by atoms with E-state index in [1.165, 1.54) is 12.8 Å². The van der Waals surface area contributed by atoms with Gasteiger partial charge in [0.25, 0.3) is 0 Å². The van der Waals surface area contributed by atoms with Gasteiger partial charge in [-0.3, -0.25) is 9.36 Å². The van der Waals surface area contributed by atoms with Crippen LogP contribution in [0.25, 0.3) is 5.69 Å². The lowest BCUT2D eigenvalue weighted by Crippen LogP contribution is -2.38. The highest BCUT2D eigenvalue weighted by molar-refractivity contribution is 5.97. The van der Waals surface area contributed by atoms with Gasteiger partial charge in [0.2, 0.25) is 0 Å². The fraction of sp³-hybridized carbons (Fsp3) is 0.350. The Bertz CT molecular complexity index is 977. The second kappa shape index (κ2) is 6.57. The summed E-state index contributed by atoms with van der Waals surface area (Å²) in [6.45, 7) is 0.695. The SMILES string of the molecule is O=C(Cc1ncc2c(n1)N(C1CCCC1)Cc1nncn1-2)c1ccccc1. The number of benzene rings is 1. The number of carbonyl (C=O) groups is 1. The standard InChI is InChI=1S/C20H20N6O/c27-17(14-6-2-1-3-7-14)10-18-21-11-16-20(23-18)25(15-8-4-5-9-15)12-19-24-22-13-26(16)19/h1-3,6-7,11,13,15H,4-5,8-10,12H2. The van der Waals surface area contributed by atoms with Gasteiger partial charge in [-0.1, -0.05) is 43.2 Å². The molecule has 7 heteroatoms. The van der Waals surface area contributed by atoms with Crippen molar-refractivity contribution in [2.75, 3.05) is 4.90 Å². The normalized spacial score (nSPS) is 16.2. The molecule has 0 radical (unpaired) electrons. The molecule has 1 fully saturated rings. The number of hydrogen-bond acceptors (Lipinski definition) is 6. The molecule has 1 aliphatic carbocycles. The van der Waals surface area contributed by atoms with Crippen LogP contribution in [0.2, 0.25) is 0 Å². The third-order valence-corrected chi connectivity index (χ3v) is 5.44. The molecule has 0 atom stereocenters. The van der Waals surface area contributed by atoms with Crippen molar-refractivity contribution in [3.63, 3.8) is 0 Å². The Labute approximate surface area is 157 Å². The zero-order chi connectivity index (χ0) is 18.2. The van der Waals surface area contributed by atoms with Crippen molar-refractivity contribution in [3.8, 4) is 5.69 Å². The van der Waals surface area contributed by atoms with Gasteiger partial charge in [0.1, 0.15) is 17.8 Å². The monoisotopic (exact) mass is 360 g/mol. The summed E-state index contributed by atoms with van der Waals surface area (Å²) in [7, 11) is 0. The van der Waals surface area contributed by atoms with Crippen LogP contribution >= 0.6 is 0 Å². The summed E-state index contributed by atoms with van der Waals surface area (Å²) >= 11 is 0. The fourth-order valence-corrected chi connectivity index (χ4v) is 4.05. The van der Waals surface area contributed by atoms with Gasteiger partial charge in [-0.25, -0.2) is 9.97 Å². The van der Waals surface area contributed by atoms with Gasteiger partial charge in [0, 0.05) is 11.6 Å². The molecule has 1 aromatic carbocycles. The first-order valence-corrected chi connectivity index (χ1v) is 9.39. The molecule has 3 heterocycles. The fourth-order valence-electron chi connectivity index (χ4n) is 4.05. The molecule has 136 valence electrons. The van der Waals surface area contributed by atoms with E-state index in [1.807, 2.05) is 34.9 Å². The molecule has 0 saturated heterocycles. The van der Waals surface area contributed by atoms with Crippen LogP contribution in [0.15, 0.2) is 42.9 Å². The van der Waals surface area contributed by atoms with E-state index in [-0.39, 0.29) is 12.2 Å². The van der Waals surface area contributed by atoms with Gasteiger partial charge in [-0.2, -0.15) is 0 Å². The minimum absolute atomic E-state index is 0.0313. The number of aromatic nitrogens is 5. The molecule has 2 aromatic heterocycles. The first-order chi connectivity index (χ1) is 13.3. The average molecular weight is 360 g/mol. The van der Waals surface area contributed by atoms with E-state index >= 15 is 0 Å². The van der Waals surface area contributed by atoms with Crippen LogP contribution in [0.4, 0.5) is 5.82 Å². The molecule has 27 heavy (non-hydrogen) atoms. The number of Topliss-reactive ketones (excluding diaryl/α,β-unsaturated/α-hetero) is 1. The van der Waals surface area contributed by atoms with Crippen molar-refractivity contribution in [3.05, 3.63) is 60.1 Å². The van der Waals surface area contributed by atoms with Crippen LogP contribution in [0.5, 0.6) is 0 Å². The van der Waals surface area contributed by atoms with Gasteiger partial charge in [-0.05, 0) is 12.8 Å². The van der Waals surface area contributed by atoms with Crippen LogP contribution in [-0.4, -0.2) is 36.6 Å². The van der Waals surface area contributed by atoms with Crippen molar-refractivity contribution in [2.45, 2.75) is 44.7 Å². The number of anilines is 1. The highest BCUT2D eigenvalue weighted by atomic mass is 16.1. The third kappa shape index (κ3) is 2.89. The van der Waals surface area contributed by atoms with Crippen molar-refractivity contribution < 1.29 is 4.79 Å². The summed E-state index contributed by atoms with van der Waals surface area (Å²) in [6, 6.07) is 9.76. The molecular weight excluding hydrogens is 340 g/mol. The number of nitrogens with zero attached hydrogens (tertiary/aromatic N) is 6. The van der Waals surface area contributed by atoms with Gasteiger partial charge in [0.15, 0.2) is 17.4 Å². The Kier molecular flexibility index (Phi) is 3.92. The van der Waals surface area contributed by atoms with Crippen molar-refractivity contribution in [1.82, 2.24) is 24.7 Å². The predicted molar refractivity (Wildman–Crippen MR) is 99.9 cm³/mol. The molecule has 0 N–H and O–H groups in total. The molecule has 5 rings (SSSR count). The van der Waals surface area contributed by atoms with Crippen LogP contribution in [-0.2, 0) is 13.0 Å². The Morgan fingerprint density at radius 3 is 2.78 bits per heavy atom. The van der Waals surface area contributed by atoms with Gasteiger partial charge in [0.05, 0.1) is 19.2 Å². The van der Waals surface area contributed by atoms with Gasteiger partial charge >= 0.3 is 0 Å². The Balaban J connectivity index is 1.50. The van der Waals surface area contributed by atoms with E-state index in [0.717, 1.165) is 30.2 Å². The van der Waals surface area contributed by atoms with Crippen LogP contribution in [0, 0.1) is 0 Å². The molecule has 0 bridgehead atoms. The van der Waals surface area contributed by atoms with E-state index in [0.29, 0.717) is 24.0 Å². The maximum Gasteiger partial charge on any atom is 0.170 e. The summed E-state index contributed by atoms with van der Waals surface area (Å²) in [5.74, 6) is 2.39. The van der Waals surface area contributed by atoms with Crippen molar-refractivity contribution in [2.24, 2.45) is 0 Å². The Morgan fingerprint density at radius 2 is 1.96 bits per heavy atom. The summed E-state index contributed by atoms with van der Waals surface area (Å²) < 4.78 is 1.95. The molecule has 2 aliphatic rings. The van der Waals surface area contributed by atoms with E-state index in [9.17, 15) is 4.79 Å². The molecular formula is C20H20N6O. The van der Waals surface area contributed by atoms with E-state index in [4.69, 9.17) is 4.98 Å².